The van der Waals surface area contributed by atoms with Crippen LogP contribution in [0.1, 0.15) is 27.2 Å². The summed E-state index contributed by atoms with van der Waals surface area (Å²) in [6, 6.07) is 0. The fourth-order valence-electron chi connectivity index (χ4n) is 1.26. The molecule has 0 bridgehead atoms. The van der Waals surface area contributed by atoms with Gasteiger partial charge in [0.05, 0.1) is 0 Å². The maximum absolute atomic E-state index is 11.5. The van der Waals surface area contributed by atoms with E-state index in [0.29, 0.717) is 25.2 Å². The molecule has 6 nitrogen and oxygen atoms in total. The zero-order valence-corrected chi connectivity index (χ0v) is 12.6. The Hall–Kier alpha value is -1.40. The Morgan fingerprint density at radius 2 is 2.00 bits per heavy atom. The maximum Gasteiger partial charge on any atom is 0.333 e. The van der Waals surface area contributed by atoms with Crippen LogP contribution < -0.4 is 10.6 Å². The zero-order valence-electron chi connectivity index (χ0n) is 12.6. The van der Waals surface area contributed by atoms with Gasteiger partial charge in [-0.3, -0.25) is 4.79 Å². The van der Waals surface area contributed by atoms with Crippen LogP contribution >= 0.6 is 0 Å². The summed E-state index contributed by atoms with van der Waals surface area (Å²) in [6.07, 6.45) is 0.0371. The maximum atomic E-state index is 11.5. The van der Waals surface area contributed by atoms with Crippen molar-refractivity contribution in [2.45, 2.75) is 33.3 Å². The number of amides is 1. The number of rotatable bonds is 10. The molecule has 0 aromatic rings. The van der Waals surface area contributed by atoms with Gasteiger partial charge in [-0.2, -0.15) is 0 Å². The lowest BCUT2D eigenvalue weighted by atomic mass is 10.1. The Bertz CT molecular complexity index is 331. The van der Waals surface area contributed by atoms with E-state index < -0.39 is 12.1 Å². The van der Waals surface area contributed by atoms with E-state index in [4.69, 9.17) is 4.74 Å². The first-order valence-corrected chi connectivity index (χ1v) is 6.87. The summed E-state index contributed by atoms with van der Waals surface area (Å²) < 4.78 is 4.81. The smallest absolute Gasteiger partial charge is 0.333 e. The van der Waals surface area contributed by atoms with E-state index in [2.05, 4.69) is 17.2 Å². The molecule has 0 saturated heterocycles. The highest BCUT2D eigenvalue weighted by Gasteiger charge is 2.10. The largest absolute Gasteiger partial charge is 0.460 e. The van der Waals surface area contributed by atoms with Crippen LogP contribution in [-0.2, 0) is 14.3 Å². The molecule has 3 N–H and O–H groups in total. The molecule has 0 rings (SSSR count). The topological polar surface area (TPSA) is 87.7 Å². The van der Waals surface area contributed by atoms with Gasteiger partial charge in [-0.15, -0.1) is 0 Å². The number of hydrogen-bond acceptors (Lipinski definition) is 5. The van der Waals surface area contributed by atoms with Gasteiger partial charge >= 0.3 is 5.97 Å². The van der Waals surface area contributed by atoms with E-state index in [-0.39, 0.29) is 18.4 Å². The Kier molecular flexibility index (Phi) is 9.67. The summed E-state index contributed by atoms with van der Waals surface area (Å²) in [5.41, 5.74) is 0.304. The number of carbonyl (C=O) groups is 2. The van der Waals surface area contributed by atoms with Gasteiger partial charge in [0.1, 0.15) is 12.7 Å². The second kappa shape index (κ2) is 10.4. The van der Waals surface area contributed by atoms with Crippen LogP contribution in [0.4, 0.5) is 0 Å². The number of esters is 1. The molecular weight excluding hydrogens is 260 g/mol. The first-order chi connectivity index (χ1) is 9.38. The second-order valence-electron chi connectivity index (χ2n) is 4.84. The van der Waals surface area contributed by atoms with Crippen LogP contribution in [0.3, 0.4) is 0 Å². The normalized spacial score (nSPS) is 13.4. The molecule has 0 aromatic heterocycles. The molecule has 0 fully saturated rings. The van der Waals surface area contributed by atoms with Crippen molar-refractivity contribution in [3.8, 4) is 0 Å². The minimum Gasteiger partial charge on any atom is -0.460 e. The van der Waals surface area contributed by atoms with Gasteiger partial charge in [-0.25, -0.2) is 4.79 Å². The lowest BCUT2D eigenvalue weighted by Crippen LogP contribution is -2.38. The van der Waals surface area contributed by atoms with Crippen LogP contribution in [0, 0.1) is 5.92 Å². The molecular formula is C14H26N2O4. The zero-order chi connectivity index (χ0) is 15.5. The number of hydrogen-bond donors (Lipinski definition) is 3. The second-order valence-corrected chi connectivity index (χ2v) is 4.84. The predicted octanol–water partition coefficient (Wildman–Crippen LogP) is 0.218. The van der Waals surface area contributed by atoms with Crippen molar-refractivity contribution in [2.75, 3.05) is 26.2 Å². The third-order valence-electron chi connectivity index (χ3n) is 2.80. The molecule has 0 spiro atoms. The van der Waals surface area contributed by atoms with Crippen molar-refractivity contribution < 1.29 is 19.4 Å². The third-order valence-corrected chi connectivity index (χ3v) is 2.80. The average molecular weight is 286 g/mol. The monoisotopic (exact) mass is 286 g/mol. The van der Waals surface area contributed by atoms with Gasteiger partial charge < -0.3 is 20.5 Å². The first-order valence-electron chi connectivity index (χ1n) is 6.87. The Labute approximate surface area is 120 Å². The molecule has 2 unspecified atom stereocenters. The summed E-state index contributed by atoms with van der Waals surface area (Å²) in [7, 11) is 0. The number of aliphatic hydroxyl groups is 1. The summed E-state index contributed by atoms with van der Waals surface area (Å²) >= 11 is 0. The third kappa shape index (κ3) is 8.66. The van der Waals surface area contributed by atoms with E-state index in [1.54, 1.807) is 6.92 Å². The summed E-state index contributed by atoms with van der Waals surface area (Å²) in [5, 5.41) is 15.3. The van der Waals surface area contributed by atoms with Gasteiger partial charge in [-0.1, -0.05) is 20.4 Å². The summed E-state index contributed by atoms with van der Waals surface area (Å²) in [6.45, 7) is 10.1. The van der Waals surface area contributed by atoms with Crippen molar-refractivity contribution in [2.24, 2.45) is 5.92 Å². The van der Waals surface area contributed by atoms with Crippen molar-refractivity contribution in [3.05, 3.63) is 12.2 Å². The SMILES string of the molecule is C=C(C)C(=O)OCC(O)CNCCNC(=O)C(C)CC. The van der Waals surface area contributed by atoms with E-state index in [1.165, 1.54) is 0 Å². The van der Waals surface area contributed by atoms with Crippen LogP contribution in [0.2, 0.25) is 0 Å². The lowest BCUT2D eigenvalue weighted by Gasteiger charge is -2.13. The molecule has 116 valence electrons. The van der Waals surface area contributed by atoms with Gasteiger partial charge in [0.15, 0.2) is 0 Å². The van der Waals surface area contributed by atoms with Crippen LogP contribution in [0.25, 0.3) is 0 Å². The predicted molar refractivity (Wildman–Crippen MR) is 77.1 cm³/mol. The number of ether oxygens (including phenoxy) is 1. The molecule has 0 heterocycles. The molecule has 0 aromatic carbocycles. The van der Waals surface area contributed by atoms with E-state index in [0.717, 1.165) is 6.42 Å². The lowest BCUT2D eigenvalue weighted by molar-refractivity contribution is -0.141. The molecule has 1 amide bonds. The summed E-state index contributed by atoms with van der Waals surface area (Å²) in [4.78, 5) is 22.5. The van der Waals surface area contributed by atoms with Gasteiger partial charge in [-0.05, 0) is 13.3 Å². The molecule has 0 aliphatic rings. The minimum atomic E-state index is -0.774. The first kappa shape index (κ1) is 18.6. The van der Waals surface area contributed by atoms with Gasteiger partial charge in [0, 0.05) is 31.1 Å². The van der Waals surface area contributed by atoms with Crippen LogP contribution in [-0.4, -0.2) is 49.3 Å². The Morgan fingerprint density at radius 1 is 1.35 bits per heavy atom. The molecule has 20 heavy (non-hydrogen) atoms. The molecule has 2 atom stereocenters. The average Bonchev–Trinajstić information content (AvgIpc) is 2.42. The number of carbonyl (C=O) groups excluding carboxylic acids is 2. The fraction of sp³-hybridized carbons (Fsp3) is 0.714. The van der Waals surface area contributed by atoms with Gasteiger partial charge in [0.2, 0.25) is 5.91 Å². The fourth-order valence-corrected chi connectivity index (χ4v) is 1.26. The van der Waals surface area contributed by atoms with Crippen LogP contribution in [0.15, 0.2) is 12.2 Å². The van der Waals surface area contributed by atoms with Gasteiger partial charge in [0.25, 0.3) is 0 Å². The van der Waals surface area contributed by atoms with Crippen molar-refractivity contribution in [1.29, 1.82) is 0 Å². The van der Waals surface area contributed by atoms with E-state index in [1.807, 2.05) is 13.8 Å². The molecule has 0 aliphatic heterocycles. The van der Waals surface area contributed by atoms with Crippen molar-refractivity contribution in [3.63, 3.8) is 0 Å². The quantitative estimate of drug-likeness (QED) is 0.304. The molecule has 0 saturated carbocycles. The summed E-state index contributed by atoms with van der Waals surface area (Å²) in [5.74, 6) is -0.461. The highest BCUT2D eigenvalue weighted by molar-refractivity contribution is 5.86. The number of aliphatic hydroxyl groups excluding tert-OH is 1. The number of nitrogens with one attached hydrogen (secondary N) is 2. The highest BCUT2D eigenvalue weighted by atomic mass is 16.5. The highest BCUT2D eigenvalue weighted by Crippen LogP contribution is 1.98. The van der Waals surface area contributed by atoms with Crippen molar-refractivity contribution >= 4 is 11.9 Å². The van der Waals surface area contributed by atoms with E-state index >= 15 is 0 Å². The standard InChI is InChI=1S/C14H26N2O4/c1-5-11(4)13(18)16-7-6-15-8-12(17)9-20-14(19)10(2)3/h11-12,15,17H,2,5-9H2,1,3-4H3,(H,16,18). The van der Waals surface area contributed by atoms with Crippen LogP contribution in [0.5, 0.6) is 0 Å². The Balaban J connectivity index is 3.58. The Morgan fingerprint density at radius 3 is 2.55 bits per heavy atom. The molecule has 0 radical (unpaired) electrons. The molecule has 0 aliphatic carbocycles. The van der Waals surface area contributed by atoms with E-state index in [9.17, 15) is 14.7 Å². The molecule has 6 heteroatoms. The minimum absolute atomic E-state index is 0.0159. The van der Waals surface area contributed by atoms with Crippen molar-refractivity contribution in [1.82, 2.24) is 10.6 Å².